The fraction of sp³-hybridized carbons (Fsp3) is 0.350. The fourth-order valence-corrected chi connectivity index (χ4v) is 3.25. The standard InChI is InChI=1S/C20H22F3N3O/c1-14(13-15-16(21)6-4-7-17(15)22)24-20(27)26-11-9-25(10-12-26)19-8-3-2-5-18(19)23/h2-8,14H,9-13H2,1H3,(H,24,27). The Hall–Kier alpha value is -2.70. The van der Waals surface area contributed by atoms with Gasteiger partial charge in [0.25, 0.3) is 0 Å². The van der Waals surface area contributed by atoms with Crippen molar-refractivity contribution in [2.75, 3.05) is 31.1 Å². The van der Waals surface area contributed by atoms with Crippen LogP contribution in [0.3, 0.4) is 0 Å². The summed E-state index contributed by atoms with van der Waals surface area (Å²) in [6, 6.07) is 9.56. The summed E-state index contributed by atoms with van der Waals surface area (Å²) in [7, 11) is 0. The third-order valence-corrected chi connectivity index (χ3v) is 4.70. The molecule has 1 saturated heterocycles. The maximum atomic E-state index is 13.9. The molecule has 0 spiro atoms. The molecule has 3 rings (SSSR count). The van der Waals surface area contributed by atoms with Crippen LogP contribution in [0.1, 0.15) is 12.5 Å². The van der Waals surface area contributed by atoms with Gasteiger partial charge in [0.05, 0.1) is 5.69 Å². The maximum absolute atomic E-state index is 13.9. The molecule has 2 aromatic rings. The van der Waals surface area contributed by atoms with Crippen LogP contribution < -0.4 is 10.2 Å². The number of rotatable bonds is 4. The molecule has 1 unspecified atom stereocenters. The van der Waals surface area contributed by atoms with Gasteiger partial charge in [0.1, 0.15) is 17.5 Å². The molecule has 1 heterocycles. The number of amides is 2. The van der Waals surface area contributed by atoms with Crippen LogP contribution >= 0.6 is 0 Å². The van der Waals surface area contributed by atoms with Gasteiger partial charge in [-0.3, -0.25) is 0 Å². The molecule has 0 aliphatic carbocycles. The molecule has 0 saturated carbocycles. The van der Waals surface area contributed by atoms with Crippen LogP contribution in [-0.4, -0.2) is 43.2 Å². The minimum absolute atomic E-state index is 0.0327. The van der Waals surface area contributed by atoms with Gasteiger partial charge in [-0.1, -0.05) is 18.2 Å². The first kappa shape index (κ1) is 19.1. The molecule has 1 fully saturated rings. The monoisotopic (exact) mass is 377 g/mol. The first-order valence-electron chi connectivity index (χ1n) is 8.93. The van der Waals surface area contributed by atoms with Crippen molar-refractivity contribution in [2.45, 2.75) is 19.4 Å². The number of carbonyl (C=O) groups is 1. The van der Waals surface area contributed by atoms with Gasteiger partial charge in [0, 0.05) is 37.8 Å². The molecule has 1 atom stereocenters. The molecule has 4 nitrogen and oxygen atoms in total. The fourth-order valence-electron chi connectivity index (χ4n) is 3.25. The van der Waals surface area contributed by atoms with Crippen LogP contribution in [0.5, 0.6) is 0 Å². The highest BCUT2D eigenvalue weighted by molar-refractivity contribution is 5.75. The van der Waals surface area contributed by atoms with Crippen LogP contribution in [0, 0.1) is 17.5 Å². The Morgan fingerprint density at radius 2 is 1.56 bits per heavy atom. The lowest BCUT2D eigenvalue weighted by Gasteiger charge is -2.36. The summed E-state index contributed by atoms with van der Waals surface area (Å²) in [5, 5.41) is 2.78. The number of piperazine rings is 1. The minimum atomic E-state index is -0.616. The third-order valence-electron chi connectivity index (χ3n) is 4.70. The summed E-state index contributed by atoms with van der Waals surface area (Å²) in [6.07, 6.45) is 0.0689. The van der Waals surface area contributed by atoms with Crippen molar-refractivity contribution in [3.05, 3.63) is 65.5 Å². The Labute approximate surface area is 156 Å². The van der Waals surface area contributed by atoms with E-state index in [1.165, 1.54) is 24.3 Å². The highest BCUT2D eigenvalue weighted by Crippen LogP contribution is 2.20. The van der Waals surface area contributed by atoms with Crippen molar-refractivity contribution < 1.29 is 18.0 Å². The number of hydrogen-bond acceptors (Lipinski definition) is 2. The lowest BCUT2D eigenvalue weighted by molar-refractivity contribution is 0.190. The van der Waals surface area contributed by atoms with Gasteiger partial charge in [-0.05, 0) is 37.6 Å². The number of para-hydroxylation sites is 1. The van der Waals surface area contributed by atoms with Crippen LogP contribution in [0.25, 0.3) is 0 Å². The van der Waals surface area contributed by atoms with E-state index in [0.717, 1.165) is 0 Å². The van der Waals surface area contributed by atoms with Gasteiger partial charge < -0.3 is 15.1 Å². The van der Waals surface area contributed by atoms with Gasteiger partial charge in [0.15, 0.2) is 0 Å². The van der Waals surface area contributed by atoms with Gasteiger partial charge in [-0.15, -0.1) is 0 Å². The lowest BCUT2D eigenvalue weighted by Crippen LogP contribution is -2.53. The van der Waals surface area contributed by atoms with Gasteiger partial charge >= 0.3 is 6.03 Å². The van der Waals surface area contributed by atoms with Crippen molar-refractivity contribution in [1.82, 2.24) is 10.2 Å². The van der Waals surface area contributed by atoms with E-state index < -0.39 is 17.7 Å². The Balaban J connectivity index is 1.53. The maximum Gasteiger partial charge on any atom is 0.317 e. The number of carbonyl (C=O) groups excluding carboxylic acids is 1. The number of urea groups is 1. The minimum Gasteiger partial charge on any atom is -0.366 e. The van der Waals surface area contributed by atoms with Gasteiger partial charge in [0.2, 0.25) is 0 Å². The number of nitrogens with zero attached hydrogens (tertiary/aromatic N) is 2. The molecule has 0 radical (unpaired) electrons. The Morgan fingerprint density at radius 1 is 0.963 bits per heavy atom. The van der Waals surface area contributed by atoms with Gasteiger partial charge in [-0.2, -0.15) is 0 Å². The van der Waals surface area contributed by atoms with E-state index in [0.29, 0.717) is 31.9 Å². The molecule has 1 N–H and O–H groups in total. The van der Waals surface area contributed by atoms with Crippen molar-refractivity contribution in [3.63, 3.8) is 0 Å². The Kier molecular flexibility index (Phi) is 5.88. The van der Waals surface area contributed by atoms with Crippen LogP contribution in [0.4, 0.5) is 23.7 Å². The first-order chi connectivity index (χ1) is 13.0. The third kappa shape index (κ3) is 4.53. The number of nitrogens with one attached hydrogen (secondary N) is 1. The topological polar surface area (TPSA) is 35.6 Å². The highest BCUT2D eigenvalue weighted by Gasteiger charge is 2.24. The van der Waals surface area contributed by atoms with E-state index >= 15 is 0 Å². The molecule has 0 aromatic heterocycles. The van der Waals surface area contributed by atoms with Crippen molar-refractivity contribution in [2.24, 2.45) is 0 Å². The van der Waals surface area contributed by atoms with Crippen LogP contribution in [0.15, 0.2) is 42.5 Å². The summed E-state index contributed by atoms with van der Waals surface area (Å²) in [5.41, 5.74) is 0.496. The van der Waals surface area contributed by atoms with Crippen molar-refractivity contribution in [1.29, 1.82) is 0 Å². The van der Waals surface area contributed by atoms with Crippen LogP contribution in [0.2, 0.25) is 0 Å². The number of benzene rings is 2. The van der Waals surface area contributed by atoms with E-state index in [4.69, 9.17) is 0 Å². The van der Waals surface area contributed by atoms with E-state index in [9.17, 15) is 18.0 Å². The second kappa shape index (κ2) is 8.33. The zero-order valence-corrected chi connectivity index (χ0v) is 15.1. The zero-order valence-electron chi connectivity index (χ0n) is 15.1. The summed E-state index contributed by atoms with van der Waals surface area (Å²) in [4.78, 5) is 15.9. The second-order valence-corrected chi connectivity index (χ2v) is 6.68. The summed E-state index contributed by atoms with van der Waals surface area (Å²) in [5.74, 6) is -1.51. The molecular weight excluding hydrogens is 355 g/mol. The smallest absolute Gasteiger partial charge is 0.317 e. The van der Waals surface area contributed by atoms with Gasteiger partial charge in [-0.25, -0.2) is 18.0 Å². The molecule has 0 bridgehead atoms. The van der Waals surface area contributed by atoms with Crippen molar-refractivity contribution in [3.8, 4) is 0 Å². The molecule has 27 heavy (non-hydrogen) atoms. The molecule has 144 valence electrons. The highest BCUT2D eigenvalue weighted by atomic mass is 19.1. The summed E-state index contributed by atoms with van der Waals surface area (Å²) >= 11 is 0. The Bertz CT molecular complexity index is 787. The molecule has 2 amide bonds. The molecule has 2 aromatic carbocycles. The molecule has 1 aliphatic heterocycles. The predicted octanol–water partition coefficient (Wildman–Crippen LogP) is 3.57. The number of halogens is 3. The normalized spacial score (nSPS) is 15.6. The largest absolute Gasteiger partial charge is 0.366 e. The number of anilines is 1. The molecule has 1 aliphatic rings. The molecule has 7 heteroatoms. The molecular formula is C20H22F3N3O. The van der Waals surface area contributed by atoms with Crippen LogP contribution in [-0.2, 0) is 6.42 Å². The average molecular weight is 377 g/mol. The summed E-state index contributed by atoms with van der Waals surface area (Å²) < 4.78 is 41.4. The van der Waals surface area contributed by atoms with E-state index in [2.05, 4.69) is 5.32 Å². The quantitative estimate of drug-likeness (QED) is 0.884. The predicted molar refractivity (Wildman–Crippen MR) is 98.2 cm³/mol. The zero-order chi connectivity index (χ0) is 19.4. The Morgan fingerprint density at radius 3 is 2.19 bits per heavy atom. The first-order valence-corrected chi connectivity index (χ1v) is 8.93. The van der Waals surface area contributed by atoms with Crippen molar-refractivity contribution >= 4 is 11.7 Å². The SMILES string of the molecule is CC(Cc1c(F)cccc1F)NC(=O)N1CCN(c2ccccc2F)CC1. The van der Waals surface area contributed by atoms with E-state index in [1.54, 1.807) is 30.0 Å². The average Bonchev–Trinajstić information content (AvgIpc) is 2.65. The lowest BCUT2D eigenvalue weighted by atomic mass is 10.1. The summed E-state index contributed by atoms with van der Waals surface area (Å²) in [6.45, 7) is 3.64. The van der Waals surface area contributed by atoms with E-state index in [1.807, 2.05) is 4.90 Å². The number of hydrogen-bond donors (Lipinski definition) is 1. The van der Waals surface area contributed by atoms with E-state index in [-0.39, 0.29) is 23.8 Å². The second-order valence-electron chi connectivity index (χ2n) is 6.68.